The van der Waals surface area contributed by atoms with E-state index in [1.807, 2.05) is 61.3 Å². The fourth-order valence-corrected chi connectivity index (χ4v) is 7.90. The molecule has 3 aromatic carbocycles. The maximum Gasteiger partial charge on any atom is 1.00 e. The second-order valence-corrected chi connectivity index (χ2v) is 14.9. The number of aliphatic carboxylic acids is 1. The standard InChI is InChI=1S/C38H48F2N2O3S2.Li/c1-4-47-25-32(20-27-11-6-5-7-12-27)42(24-29-18-30(39)22-31(40)19-29)23-28-14-15-34(35(21-28)33-13-9-8-10-26(33)2)37(43)41-36(38(44)45)16-17-46-3;/h8-10,13-15,18-19,21-22,27,32,36H,4-7,11-12,16-17,20,23-25H2,1-3H3,(H,41,43)(H,44,45);/q;+1/p-1/t32-,36-;/m0./s1. The predicted molar refractivity (Wildman–Crippen MR) is 189 cm³/mol. The zero-order valence-electron chi connectivity index (χ0n) is 28.7. The molecule has 10 heteroatoms. The molecular weight excluding hydrogens is 642 g/mol. The van der Waals surface area contributed by atoms with Gasteiger partial charge >= 0.3 is 18.9 Å². The molecule has 1 N–H and O–H groups in total. The number of thioether (sulfide) groups is 2. The molecule has 4 rings (SSSR count). The van der Waals surface area contributed by atoms with Crippen LogP contribution in [0.25, 0.3) is 11.1 Å². The van der Waals surface area contributed by atoms with Gasteiger partial charge in [-0.05, 0) is 95.5 Å². The van der Waals surface area contributed by atoms with Crippen LogP contribution in [0, 0.1) is 24.5 Å². The molecule has 1 aliphatic carbocycles. The van der Waals surface area contributed by atoms with E-state index in [1.54, 1.807) is 6.07 Å². The third kappa shape index (κ3) is 11.9. The largest absolute Gasteiger partial charge is 1.00 e. The zero-order chi connectivity index (χ0) is 33.8. The normalized spacial score (nSPS) is 14.7. The molecule has 0 aromatic heterocycles. The van der Waals surface area contributed by atoms with Gasteiger partial charge in [-0.2, -0.15) is 23.5 Å². The van der Waals surface area contributed by atoms with Gasteiger partial charge in [-0.1, -0.05) is 69.4 Å². The monoisotopic (exact) mass is 688 g/mol. The Kier molecular flexibility index (Phi) is 17.1. The summed E-state index contributed by atoms with van der Waals surface area (Å²) in [7, 11) is 0. The molecule has 1 amide bonds. The fraction of sp³-hybridized carbons (Fsp3) is 0.474. The van der Waals surface area contributed by atoms with Crippen LogP contribution in [0.5, 0.6) is 0 Å². The van der Waals surface area contributed by atoms with Crippen LogP contribution in [0.1, 0.15) is 78.9 Å². The first-order valence-corrected chi connectivity index (χ1v) is 19.2. The molecule has 2 atom stereocenters. The predicted octanol–water partition coefficient (Wildman–Crippen LogP) is 4.64. The van der Waals surface area contributed by atoms with E-state index in [1.165, 1.54) is 56.0 Å². The third-order valence-corrected chi connectivity index (χ3v) is 10.7. The molecule has 0 radical (unpaired) electrons. The first kappa shape index (κ1) is 40.1. The molecule has 0 spiro atoms. The Labute approximate surface area is 305 Å². The number of carbonyl (C=O) groups is 2. The third-order valence-electron chi connectivity index (χ3n) is 9.02. The minimum absolute atomic E-state index is 0. The Morgan fingerprint density at radius 3 is 2.29 bits per heavy atom. The summed E-state index contributed by atoms with van der Waals surface area (Å²) in [5, 5.41) is 14.5. The average molecular weight is 689 g/mol. The Bertz CT molecular complexity index is 1470. The number of aryl methyl sites for hydroxylation is 1. The maximum atomic E-state index is 14.3. The molecule has 1 fully saturated rings. The zero-order valence-corrected chi connectivity index (χ0v) is 30.4. The number of hydrogen-bond acceptors (Lipinski definition) is 6. The molecular formula is C38H47F2LiN2O3S2. The van der Waals surface area contributed by atoms with E-state index in [-0.39, 0.29) is 31.3 Å². The number of nitrogens with zero attached hydrogens (tertiary/aromatic N) is 1. The summed E-state index contributed by atoms with van der Waals surface area (Å²) in [4.78, 5) is 27.8. The molecule has 0 unspecified atom stereocenters. The number of benzene rings is 3. The van der Waals surface area contributed by atoms with Gasteiger partial charge in [0, 0.05) is 36.5 Å². The first-order chi connectivity index (χ1) is 22.7. The Balaban J connectivity index is 0.00000625. The van der Waals surface area contributed by atoms with Gasteiger partial charge in [0.25, 0.3) is 5.91 Å². The summed E-state index contributed by atoms with van der Waals surface area (Å²) < 4.78 is 28.7. The average Bonchev–Trinajstić information content (AvgIpc) is 3.04. The fourth-order valence-electron chi connectivity index (χ4n) is 6.58. The SMILES string of the molecule is CCSC[C@H](CC1CCCCC1)N(Cc1cc(F)cc(F)c1)Cc1ccc(C(=O)N[C@@H](CCSC)C(=O)[O-])c(-c2ccccc2C)c1.[Li+]. The van der Waals surface area contributed by atoms with Crippen LogP contribution in [0.4, 0.5) is 8.78 Å². The van der Waals surface area contributed by atoms with Gasteiger partial charge in [-0.15, -0.1) is 0 Å². The summed E-state index contributed by atoms with van der Waals surface area (Å²) >= 11 is 3.39. The number of carboxylic acids is 1. The van der Waals surface area contributed by atoms with Gasteiger partial charge in [-0.3, -0.25) is 9.69 Å². The molecule has 0 saturated heterocycles. The van der Waals surface area contributed by atoms with Crippen molar-refractivity contribution in [3.05, 3.63) is 94.6 Å². The van der Waals surface area contributed by atoms with Crippen molar-refractivity contribution in [1.29, 1.82) is 0 Å². The molecule has 0 aliphatic heterocycles. The molecule has 3 aromatic rings. The van der Waals surface area contributed by atoms with Crippen molar-refractivity contribution in [3.63, 3.8) is 0 Å². The summed E-state index contributed by atoms with van der Waals surface area (Å²) in [5.74, 6) is 0.144. The Hall–Kier alpha value is -2.28. The number of carboxylic acid groups (broad SMARTS) is 1. The van der Waals surface area contributed by atoms with E-state index in [0.717, 1.165) is 40.7 Å². The first-order valence-electron chi connectivity index (χ1n) is 16.6. The van der Waals surface area contributed by atoms with Crippen LogP contribution in [-0.4, -0.2) is 52.4 Å². The van der Waals surface area contributed by atoms with Crippen LogP contribution in [-0.2, 0) is 17.9 Å². The van der Waals surface area contributed by atoms with Crippen LogP contribution in [0.2, 0.25) is 0 Å². The molecule has 5 nitrogen and oxygen atoms in total. The van der Waals surface area contributed by atoms with Crippen molar-refractivity contribution in [2.75, 3.05) is 23.5 Å². The van der Waals surface area contributed by atoms with Gasteiger partial charge in [0.15, 0.2) is 0 Å². The van der Waals surface area contributed by atoms with Gasteiger partial charge in [0.2, 0.25) is 0 Å². The maximum absolute atomic E-state index is 14.3. The number of carbonyl (C=O) groups excluding carboxylic acids is 2. The van der Waals surface area contributed by atoms with Crippen molar-refractivity contribution in [1.82, 2.24) is 10.2 Å². The quantitative estimate of drug-likeness (QED) is 0.209. The van der Waals surface area contributed by atoms with E-state index in [0.29, 0.717) is 41.5 Å². The number of amides is 1. The molecule has 0 heterocycles. The Morgan fingerprint density at radius 1 is 0.958 bits per heavy atom. The second-order valence-electron chi connectivity index (χ2n) is 12.6. The number of hydrogen-bond donors (Lipinski definition) is 1. The number of halogens is 2. The van der Waals surface area contributed by atoms with Crippen molar-refractivity contribution in [2.24, 2.45) is 5.92 Å². The number of nitrogens with one attached hydrogen (secondary N) is 1. The number of rotatable bonds is 17. The van der Waals surface area contributed by atoms with Crippen LogP contribution >= 0.6 is 23.5 Å². The van der Waals surface area contributed by atoms with Crippen molar-refractivity contribution in [2.45, 2.75) is 84.0 Å². The van der Waals surface area contributed by atoms with Gasteiger partial charge < -0.3 is 15.2 Å². The van der Waals surface area contributed by atoms with Gasteiger partial charge in [0.05, 0.1) is 12.0 Å². The van der Waals surface area contributed by atoms with Crippen molar-refractivity contribution < 1.29 is 42.3 Å². The van der Waals surface area contributed by atoms with Crippen LogP contribution < -0.4 is 29.3 Å². The Morgan fingerprint density at radius 2 is 1.65 bits per heavy atom. The summed E-state index contributed by atoms with van der Waals surface area (Å²) in [5.41, 5.74) is 4.52. The van der Waals surface area contributed by atoms with E-state index in [2.05, 4.69) is 17.1 Å². The molecule has 48 heavy (non-hydrogen) atoms. The molecule has 1 saturated carbocycles. The molecule has 1 aliphatic rings. The van der Waals surface area contributed by atoms with Crippen molar-refractivity contribution >= 4 is 35.4 Å². The minimum atomic E-state index is -1.31. The second kappa shape index (κ2) is 20.4. The minimum Gasteiger partial charge on any atom is -0.548 e. The van der Waals surface area contributed by atoms with E-state index >= 15 is 0 Å². The van der Waals surface area contributed by atoms with Gasteiger partial charge in [-0.25, -0.2) is 8.78 Å². The summed E-state index contributed by atoms with van der Waals surface area (Å²) in [6.07, 6.45) is 9.36. The summed E-state index contributed by atoms with van der Waals surface area (Å²) in [6, 6.07) is 16.3. The van der Waals surface area contributed by atoms with E-state index in [4.69, 9.17) is 0 Å². The van der Waals surface area contributed by atoms with Crippen LogP contribution in [0.3, 0.4) is 0 Å². The van der Waals surface area contributed by atoms with E-state index in [9.17, 15) is 23.5 Å². The molecule has 254 valence electrons. The van der Waals surface area contributed by atoms with Gasteiger partial charge in [0.1, 0.15) is 11.6 Å². The van der Waals surface area contributed by atoms with E-state index < -0.39 is 29.6 Å². The molecule has 0 bridgehead atoms. The topological polar surface area (TPSA) is 72.5 Å². The smallest absolute Gasteiger partial charge is 0.548 e. The summed E-state index contributed by atoms with van der Waals surface area (Å²) in [6.45, 7) is 5.05. The van der Waals surface area contributed by atoms with Crippen LogP contribution in [0.15, 0.2) is 60.7 Å². The van der Waals surface area contributed by atoms with Crippen molar-refractivity contribution in [3.8, 4) is 11.1 Å².